The maximum Gasteiger partial charge on any atom is 0.119 e. The van der Waals surface area contributed by atoms with E-state index in [0.717, 1.165) is 29.3 Å². The number of H-pyrrole nitrogens is 1. The van der Waals surface area contributed by atoms with Crippen molar-refractivity contribution in [1.82, 2.24) is 9.97 Å². The van der Waals surface area contributed by atoms with Crippen molar-refractivity contribution in [1.29, 1.82) is 0 Å². The zero-order chi connectivity index (χ0) is 15.2. The van der Waals surface area contributed by atoms with Gasteiger partial charge in [-0.1, -0.05) is 24.3 Å². The molecule has 4 nitrogen and oxygen atoms in total. The number of benzene rings is 2. The highest BCUT2D eigenvalue weighted by Crippen LogP contribution is 2.17. The molecule has 1 N–H and O–H groups in total. The monoisotopic (exact) mass is 294 g/mol. The Morgan fingerprint density at radius 2 is 1.59 bits per heavy atom. The van der Waals surface area contributed by atoms with E-state index in [-0.39, 0.29) is 0 Å². The van der Waals surface area contributed by atoms with Crippen LogP contribution >= 0.6 is 0 Å². The largest absolute Gasteiger partial charge is 0.497 e. The van der Waals surface area contributed by atoms with E-state index in [9.17, 15) is 0 Å². The van der Waals surface area contributed by atoms with Crippen molar-refractivity contribution in [2.45, 2.75) is 13.0 Å². The molecule has 112 valence electrons. The lowest BCUT2D eigenvalue weighted by Crippen LogP contribution is -1.96. The Bertz CT molecular complexity index is 689. The second-order valence-electron chi connectivity index (χ2n) is 4.99. The third kappa shape index (κ3) is 3.67. The van der Waals surface area contributed by atoms with Crippen LogP contribution in [0.1, 0.15) is 17.0 Å². The van der Waals surface area contributed by atoms with Crippen LogP contribution < -0.4 is 9.47 Å². The molecule has 1 heterocycles. The van der Waals surface area contributed by atoms with Gasteiger partial charge >= 0.3 is 0 Å². The Morgan fingerprint density at radius 3 is 2.23 bits per heavy atom. The van der Waals surface area contributed by atoms with Crippen LogP contribution in [0.3, 0.4) is 0 Å². The quantitative estimate of drug-likeness (QED) is 0.755. The van der Waals surface area contributed by atoms with Crippen LogP contribution in [-0.4, -0.2) is 17.1 Å². The van der Waals surface area contributed by atoms with Gasteiger partial charge in [-0.15, -0.1) is 0 Å². The van der Waals surface area contributed by atoms with Crippen LogP contribution in [0.15, 0.2) is 60.9 Å². The first-order chi connectivity index (χ1) is 10.8. The van der Waals surface area contributed by atoms with E-state index in [2.05, 4.69) is 22.1 Å². The fourth-order valence-electron chi connectivity index (χ4n) is 2.18. The van der Waals surface area contributed by atoms with Gasteiger partial charge < -0.3 is 14.5 Å². The zero-order valence-electron chi connectivity index (χ0n) is 12.5. The first-order valence-corrected chi connectivity index (χ1v) is 7.16. The predicted octanol–water partition coefficient (Wildman–Crippen LogP) is 3.59. The number of aromatic amines is 1. The molecule has 0 aliphatic rings. The van der Waals surface area contributed by atoms with Gasteiger partial charge in [-0.3, -0.25) is 0 Å². The number of hydrogen-bond acceptors (Lipinski definition) is 3. The van der Waals surface area contributed by atoms with E-state index in [1.165, 1.54) is 5.56 Å². The van der Waals surface area contributed by atoms with E-state index in [4.69, 9.17) is 9.47 Å². The summed E-state index contributed by atoms with van der Waals surface area (Å²) in [5, 5.41) is 0. The van der Waals surface area contributed by atoms with E-state index in [1.807, 2.05) is 42.6 Å². The minimum absolute atomic E-state index is 0.543. The second kappa shape index (κ2) is 6.80. The van der Waals surface area contributed by atoms with E-state index >= 15 is 0 Å². The summed E-state index contributed by atoms with van der Waals surface area (Å²) in [6.45, 7) is 0.543. The van der Waals surface area contributed by atoms with Crippen LogP contribution in [0, 0.1) is 0 Å². The van der Waals surface area contributed by atoms with Crippen molar-refractivity contribution in [2.24, 2.45) is 0 Å². The van der Waals surface area contributed by atoms with Gasteiger partial charge in [0.25, 0.3) is 0 Å². The Kier molecular flexibility index (Phi) is 4.39. The summed E-state index contributed by atoms with van der Waals surface area (Å²) < 4.78 is 10.9. The number of rotatable bonds is 6. The van der Waals surface area contributed by atoms with Gasteiger partial charge in [-0.2, -0.15) is 0 Å². The van der Waals surface area contributed by atoms with Gasteiger partial charge in [0.2, 0.25) is 0 Å². The summed E-state index contributed by atoms with van der Waals surface area (Å²) >= 11 is 0. The SMILES string of the molecule is COc1ccc(COc2ccc(Cc3ncc[nH]3)cc2)cc1. The molecule has 3 rings (SSSR count). The molecule has 0 fully saturated rings. The molecule has 0 atom stereocenters. The lowest BCUT2D eigenvalue weighted by Gasteiger charge is -2.08. The number of ether oxygens (including phenoxy) is 2. The summed E-state index contributed by atoms with van der Waals surface area (Å²) in [5.74, 6) is 2.68. The highest BCUT2D eigenvalue weighted by Gasteiger charge is 2.00. The van der Waals surface area contributed by atoms with Crippen LogP contribution in [0.5, 0.6) is 11.5 Å². The first-order valence-electron chi connectivity index (χ1n) is 7.16. The summed E-state index contributed by atoms with van der Waals surface area (Å²) in [6, 6.07) is 16.0. The fourth-order valence-corrected chi connectivity index (χ4v) is 2.18. The molecule has 1 aromatic heterocycles. The number of nitrogens with one attached hydrogen (secondary N) is 1. The van der Waals surface area contributed by atoms with Crippen molar-refractivity contribution in [2.75, 3.05) is 7.11 Å². The van der Waals surface area contributed by atoms with Crippen molar-refractivity contribution in [3.05, 3.63) is 77.9 Å². The van der Waals surface area contributed by atoms with Crippen LogP contribution in [0.4, 0.5) is 0 Å². The minimum Gasteiger partial charge on any atom is -0.497 e. The number of imidazole rings is 1. The van der Waals surface area contributed by atoms with Crippen molar-refractivity contribution in [3.63, 3.8) is 0 Å². The molecule has 0 amide bonds. The minimum atomic E-state index is 0.543. The predicted molar refractivity (Wildman–Crippen MR) is 85.2 cm³/mol. The summed E-state index contributed by atoms with van der Waals surface area (Å²) in [4.78, 5) is 7.33. The average Bonchev–Trinajstić information content (AvgIpc) is 3.08. The first kappa shape index (κ1) is 14.2. The standard InChI is InChI=1S/C18H18N2O2/c1-21-16-6-4-15(5-7-16)13-22-17-8-2-14(3-9-17)12-18-19-10-11-20-18/h2-11H,12-13H2,1H3,(H,19,20). The molecule has 0 bridgehead atoms. The van der Waals surface area contributed by atoms with Gasteiger partial charge in [-0.25, -0.2) is 4.98 Å². The Morgan fingerprint density at radius 1 is 0.909 bits per heavy atom. The Balaban J connectivity index is 1.56. The Labute approximate surface area is 129 Å². The van der Waals surface area contributed by atoms with Crippen LogP contribution in [0.2, 0.25) is 0 Å². The molecule has 0 saturated carbocycles. The Hall–Kier alpha value is -2.75. The third-order valence-corrected chi connectivity index (χ3v) is 3.41. The molecule has 0 unspecified atom stereocenters. The zero-order valence-corrected chi connectivity index (χ0v) is 12.5. The average molecular weight is 294 g/mol. The van der Waals surface area contributed by atoms with Gasteiger partial charge in [-0.05, 0) is 35.4 Å². The van der Waals surface area contributed by atoms with Crippen molar-refractivity contribution in [3.8, 4) is 11.5 Å². The smallest absolute Gasteiger partial charge is 0.119 e. The number of aromatic nitrogens is 2. The van der Waals surface area contributed by atoms with Gasteiger partial charge in [0.05, 0.1) is 7.11 Å². The molecule has 0 spiro atoms. The molecule has 2 aromatic carbocycles. The molecule has 0 saturated heterocycles. The molecule has 0 radical (unpaired) electrons. The topological polar surface area (TPSA) is 47.1 Å². The molecular weight excluding hydrogens is 276 g/mol. The molecule has 22 heavy (non-hydrogen) atoms. The van der Waals surface area contributed by atoms with Gasteiger partial charge in [0, 0.05) is 18.8 Å². The van der Waals surface area contributed by atoms with Crippen LogP contribution in [-0.2, 0) is 13.0 Å². The van der Waals surface area contributed by atoms with Gasteiger partial charge in [0.15, 0.2) is 0 Å². The molecule has 0 aliphatic carbocycles. The third-order valence-electron chi connectivity index (χ3n) is 3.41. The fraction of sp³-hybridized carbons (Fsp3) is 0.167. The van der Waals surface area contributed by atoms with Gasteiger partial charge in [0.1, 0.15) is 23.9 Å². The maximum atomic E-state index is 5.79. The van der Waals surface area contributed by atoms with E-state index in [0.29, 0.717) is 6.61 Å². The number of nitrogens with zero attached hydrogens (tertiary/aromatic N) is 1. The van der Waals surface area contributed by atoms with E-state index in [1.54, 1.807) is 13.3 Å². The molecule has 0 aliphatic heterocycles. The summed E-state index contributed by atoms with van der Waals surface area (Å²) in [5.41, 5.74) is 2.31. The van der Waals surface area contributed by atoms with Crippen molar-refractivity contribution >= 4 is 0 Å². The number of methoxy groups -OCH3 is 1. The van der Waals surface area contributed by atoms with Crippen LogP contribution in [0.25, 0.3) is 0 Å². The normalized spacial score (nSPS) is 10.4. The maximum absolute atomic E-state index is 5.79. The highest BCUT2D eigenvalue weighted by molar-refractivity contribution is 5.30. The summed E-state index contributed by atoms with van der Waals surface area (Å²) in [7, 11) is 1.66. The molecule has 3 aromatic rings. The lowest BCUT2D eigenvalue weighted by atomic mass is 10.1. The highest BCUT2D eigenvalue weighted by atomic mass is 16.5. The number of hydrogen-bond donors (Lipinski definition) is 1. The lowest BCUT2D eigenvalue weighted by molar-refractivity contribution is 0.306. The molecular formula is C18H18N2O2. The van der Waals surface area contributed by atoms with Crippen molar-refractivity contribution < 1.29 is 9.47 Å². The summed E-state index contributed by atoms with van der Waals surface area (Å²) in [6.07, 6.45) is 4.40. The second-order valence-corrected chi connectivity index (χ2v) is 4.99. The van der Waals surface area contributed by atoms with E-state index < -0.39 is 0 Å². The molecule has 4 heteroatoms.